The highest BCUT2D eigenvalue weighted by atomic mass is 35.5. The first kappa shape index (κ1) is 21.5. The lowest BCUT2D eigenvalue weighted by molar-refractivity contribution is 0.0691. The molecule has 0 saturated carbocycles. The SMILES string of the molecule is CCc1c(-c2ccc3c(C)c(CN(C)C)[nH]c3c2)[nH]c(=O)c(C(=O)O)c1O.Cl. The molecule has 1 aromatic carbocycles. The fourth-order valence-corrected chi connectivity index (χ4v) is 3.44. The number of aromatic carboxylic acids is 1. The number of carboxylic acids is 1. The second-order valence-corrected chi connectivity index (χ2v) is 6.92. The van der Waals surface area contributed by atoms with Crippen LogP contribution in [0.25, 0.3) is 22.2 Å². The van der Waals surface area contributed by atoms with Gasteiger partial charge in [-0.3, -0.25) is 4.79 Å². The molecule has 8 heteroatoms. The molecule has 0 saturated heterocycles. The molecule has 0 fully saturated rings. The van der Waals surface area contributed by atoms with Gasteiger partial charge in [0, 0.05) is 34.3 Å². The summed E-state index contributed by atoms with van der Waals surface area (Å²) in [5, 5.41) is 20.6. The Hall–Kier alpha value is -2.77. The molecule has 2 aromatic heterocycles. The van der Waals surface area contributed by atoms with E-state index in [1.165, 1.54) is 5.56 Å². The zero-order chi connectivity index (χ0) is 19.9. The van der Waals surface area contributed by atoms with E-state index in [-0.39, 0.29) is 12.4 Å². The van der Waals surface area contributed by atoms with Crippen LogP contribution in [0.3, 0.4) is 0 Å². The number of nitrogens with zero attached hydrogens (tertiary/aromatic N) is 1. The molecule has 150 valence electrons. The molecule has 4 N–H and O–H groups in total. The van der Waals surface area contributed by atoms with Crippen molar-refractivity contribution in [2.45, 2.75) is 26.8 Å². The standard InChI is InChI=1S/C20H23N3O4.ClH/c1-5-12-17(22-19(25)16(18(12)24)20(26)27)11-6-7-13-10(2)15(9-23(3)4)21-14(13)8-11;/h6-8,21H,5,9H2,1-4H3,(H,26,27)(H2,22,24,25);1H. The first-order valence-electron chi connectivity index (χ1n) is 8.72. The van der Waals surface area contributed by atoms with E-state index in [1.54, 1.807) is 6.92 Å². The largest absolute Gasteiger partial charge is 0.506 e. The van der Waals surface area contributed by atoms with Crippen molar-refractivity contribution in [3.05, 3.63) is 50.9 Å². The summed E-state index contributed by atoms with van der Waals surface area (Å²) in [6.07, 6.45) is 0.381. The molecule has 2 heterocycles. The number of nitrogens with one attached hydrogen (secondary N) is 2. The summed E-state index contributed by atoms with van der Waals surface area (Å²) in [4.78, 5) is 31.6. The highest BCUT2D eigenvalue weighted by Gasteiger charge is 2.22. The number of aromatic hydroxyl groups is 1. The topological polar surface area (TPSA) is 109 Å². The smallest absolute Gasteiger partial charge is 0.345 e. The summed E-state index contributed by atoms with van der Waals surface area (Å²) in [5.74, 6) is -1.92. The predicted octanol–water partition coefficient (Wildman–Crippen LogP) is 3.28. The zero-order valence-electron chi connectivity index (χ0n) is 16.2. The lowest BCUT2D eigenvalue weighted by atomic mass is 9.99. The van der Waals surface area contributed by atoms with Gasteiger partial charge in [0.1, 0.15) is 5.75 Å². The number of aryl methyl sites for hydroxylation is 1. The lowest BCUT2D eigenvalue weighted by Crippen LogP contribution is -2.20. The number of hydrogen-bond acceptors (Lipinski definition) is 4. The van der Waals surface area contributed by atoms with Crippen molar-refractivity contribution in [3.8, 4) is 17.0 Å². The molecule has 0 bridgehead atoms. The molecule has 7 nitrogen and oxygen atoms in total. The van der Waals surface area contributed by atoms with Gasteiger partial charge in [0.2, 0.25) is 0 Å². The number of carboxylic acid groups (broad SMARTS) is 1. The Morgan fingerprint density at radius 2 is 1.89 bits per heavy atom. The van der Waals surface area contributed by atoms with Crippen molar-refractivity contribution in [2.75, 3.05) is 14.1 Å². The highest BCUT2D eigenvalue weighted by molar-refractivity contribution is 5.93. The highest BCUT2D eigenvalue weighted by Crippen LogP contribution is 2.32. The number of pyridine rings is 1. The molecule has 0 unspecified atom stereocenters. The third-order valence-corrected chi connectivity index (χ3v) is 4.78. The van der Waals surface area contributed by atoms with Gasteiger partial charge >= 0.3 is 5.97 Å². The molecule has 3 rings (SSSR count). The van der Waals surface area contributed by atoms with Crippen LogP contribution in [0.4, 0.5) is 0 Å². The maximum absolute atomic E-state index is 12.2. The molecular formula is C20H24ClN3O4. The molecular weight excluding hydrogens is 382 g/mol. The first-order valence-corrected chi connectivity index (χ1v) is 8.72. The van der Waals surface area contributed by atoms with Crippen LogP contribution in [0, 0.1) is 6.92 Å². The van der Waals surface area contributed by atoms with E-state index >= 15 is 0 Å². The molecule has 0 aliphatic carbocycles. The van der Waals surface area contributed by atoms with E-state index in [0.717, 1.165) is 23.1 Å². The van der Waals surface area contributed by atoms with Crippen LogP contribution < -0.4 is 5.56 Å². The molecule has 28 heavy (non-hydrogen) atoms. The van der Waals surface area contributed by atoms with Crippen molar-refractivity contribution >= 4 is 29.3 Å². The van der Waals surface area contributed by atoms with E-state index in [9.17, 15) is 19.8 Å². The molecule has 3 aromatic rings. The van der Waals surface area contributed by atoms with Gasteiger partial charge in [-0.05, 0) is 39.1 Å². The van der Waals surface area contributed by atoms with Gasteiger partial charge in [-0.15, -0.1) is 12.4 Å². The van der Waals surface area contributed by atoms with E-state index in [2.05, 4.69) is 21.8 Å². The summed E-state index contributed by atoms with van der Waals surface area (Å²) < 4.78 is 0. The van der Waals surface area contributed by atoms with E-state index in [4.69, 9.17) is 0 Å². The van der Waals surface area contributed by atoms with Crippen LogP contribution >= 0.6 is 12.4 Å². The summed E-state index contributed by atoms with van der Waals surface area (Å²) in [6.45, 7) is 4.64. The Bertz CT molecular complexity index is 1100. The van der Waals surface area contributed by atoms with Gasteiger partial charge in [-0.2, -0.15) is 0 Å². The fraction of sp³-hybridized carbons (Fsp3) is 0.300. The molecule has 0 aliphatic rings. The third-order valence-electron chi connectivity index (χ3n) is 4.78. The Morgan fingerprint density at radius 3 is 2.46 bits per heavy atom. The van der Waals surface area contributed by atoms with Crippen LogP contribution in [-0.2, 0) is 13.0 Å². The molecule has 0 radical (unpaired) electrons. The number of aromatic nitrogens is 2. The number of H-pyrrole nitrogens is 2. The maximum Gasteiger partial charge on any atom is 0.345 e. The third kappa shape index (κ3) is 3.63. The Labute approximate surface area is 168 Å². The van der Waals surface area contributed by atoms with Crippen molar-refractivity contribution < 1.29 is 15.0 Å². The molecule has 0 amide bonds. The average Bonchev–Trinajstić information content (AvgIpc) is 2.88. The van der Waals surface area contributed by atoms with Crippen molar-refractivity contribution in [2.24, 2.45) is 0 Å². The number of halogens is 1. The molecule has 0 spiro atoms. The maximum atomic E-state index is 12.2. The first-order chi connectivity index (χ1) is 12.7. The molecule has 0 aliphatic heterocycles. The zero-order valence-corrected chi connectivity index (χ0v) is 17.0. The van der Waals surface area contributed by atoms with Crippen molar-refractivity contribution in [1.29, 1.82) is 0 Å². The van der Waals surface area contributed by atoms with Crippen LogP contribution in [-0.4, -0.2) is 45.1 Å². The van der Waals surface area contributed by atoms with E-state index in [0.29, 0.717) is 23.2 Å². The van der Waals surface area contributed by atoms with Gasteiger partial charge in [0.15, 0.2) is 5.56 Å². The Kier molecular flexibility index (Phi) is 6.21. The predicted molar refractivity (Wildman–Crippen MR) is 112 cm³/mol. The van der Waals surface area contributed by atoms with Crippen LogP contribution in [0.1, 0.15) is 34.1 Å². The van der Waals surface area contributed by atoms with Crippen LogP contribution in [0.15, 0.2) is 23.0 Å². The minimum Gasteiger partial charge on any atom is -0.506 e. The number of fused-ring (bicyclic) bond motifs is 1. The number of rotatable bonds is 5. The van der Waals surface area contributed by atoms with Gasteiger partial charge in [0.25, 0.3) is 5.56 Å². The summed E-state index contributed by atoms with van der Waals surface area (Å²) in [6, 6.07) is 5.74. The number of benzene rings is 1. The second kappa shape index (κ2) is 8.08. The quantitative estimate of drug-likeness (QED) is 0.520. The fourth-order valence-electron chi connectivity index (χ4n) is 3.44. The molecule has 0 atom stereocenters. The van der Waals surface area contributed by atoms with Crippen molar-refractivity contribution in [1.82, 2.24) is 14.9 Å². The summed E-state index contributed by atoms with van der Waals surface area (Å²) in [7, 11) is 4.00. The van der Waals surface area contributed by atoms with Crippen molar-refractivity contribution in [3.63, 3.8) is 0 Å². The monoisotopic (exact) mass is 405 g/mol. The summed E-state index contributed by atoms with van der Waals surface area (Å²) >= 11 is 0. The van der Waals surface area contributed by atoms with Crippen LogP contribution in [0.2, 0.25) is 0 Å². The Balaban J connectivity index is 0.00000280. The average molecular weight is 406 g/mol. The number of carbonyl (C=O) groups is 1. The normalized spacial score (nSPS) is 11.0. The van der Waals surface area contributed by atoms with Gasteiger partial charge in [-0.1, -0.05) is 19.1 Å². The minimum atomic E-state index is -1.45. The van der Waals surface area contributed by atoms with Gasteiger partial charge in [0.05, 0.1) is 5.69 Å². The summed E-state index contributed by atoms with van der Waals surface area (Å²) in [5.41, 5.74) is 3.31. The van der Waals surface area contributed by atoms with Crippen LogP contribution in [0.5, 0.6) is 5.75 Å². The van der Waals surface area contributed by atoms with E-state index < -0.39 is 22.8 Å². The van der Waals surface area contributed by atoms with Gasteiger partial charge in [-0.25, -0.2) is 4.79 Å². The lowest BCUT2D eigenvalue weighted by Gasteiger charge is -2.12. The number of hydrogen-bond donors (Lipinski definition) is 4. The minimum absolute atomic E-state index is 0. The van der Waals surface area contributed by atoms with Gasteiger partial charge < -0.3 is 25.1 Å². The van der Waals surface area contributed by atoms with E-state index in [1.807, 2.05) is 32.3 Å². The second-order valence-electron chi connectivity index (χ2n) is 6.92. The number of aromatic amines is 2. The Morgan fingerprint density at radius 1 is 1.21 bits per heavy atom.